The number of hydrazine groups is 1. The van der Waals surface area contributed by atoms with E-state index in [0.717, 1.165) is 11.6 Å². The summed E-state index contributed by atoms with van der Waals surface area (Å²) in [5.74, 6) is -2.27. The summed E-state index contributed by atoms with van der Waals surface area (Å²) in [5, 5.41) is 4.48. The van der Waals surface area contributed by atoms with Crippen LogP contribution in [0.25, 0.3) is 0 Å². The number of hydrogen-bond donors (Lipinski definition) is 2. The molecule has 11 heteroatoms. The van der Waals surface area contributed by atoms with Crippen LogP contribution in [0.2, 0.25) is 10.0 Å². The van der Waals surface area contributed by atoms with Gasteiger partial charge in [0, 0.05) is 21.3 Å². The Morgan fingerprint density at radius 3 is 2.33 bits per heavy atom. The fraction of sp³-hybridized carbons (Fsp3) is 0.120. The van der Waals surface area contributed by atoms with Crippen molar-refractivity contribution in [2.45, 2.75) is 19.0 Å². The molecule has 0 aliphatic carbocycles. The van der Waals surface area contributed by atoms with Crippen LogP contribution in [-0.4, -0.2) is 38.8 Å². The van der Waals surface area contributed by atoms with Gasteiger partial charge in [-0.3, -0.25) is 24.7 Å². The highest BCUT2D eigenvalue weighted by Gasteiger charge is 2.44. The van der Waals surface area contributed by atoms with E-state index in [1.807, 2.05) is 30.3 Å². The van der Waals surface area contributed by atoms with E-state index < -0.39 is 29.6 Å². The molecular weight excluding hydrogens is 526 g/mol. The standard InChI is InChI=1S/C25H19Cl2FN4O3S/c26-17-10-18(27)12-20(11-17)29-22(33)13-21-24(35)31(14-15-5-2-1-3-6-15)25(36)32(21)30-23(34)16-7-4-8-19(28)9-16/h1-12,21H,13-14H2,(H,29,33)(H,30,34). The lowest BCUT2D eigenvalue weighted by molar-refractivity contribution is -0.131. The number of nitrogens with one attached hydrogen (secondary N) is 2. The Morgan fingerprint density at radius 2 is 1.67 bits per heavy atom. The molecule has 0 aromatic heterocycles. The third-order valence-corrected chi connectivity index (χ3v) is 6.17. The molecule has 1 fully saturated rings. The molecule has 184 valence electrons. The quantitative estimate of drug-likeness (QED) is 0.417. The Balaban J connectivity index is 1.57. The maximum atomic E-state index is 13.6. The topological polar surface area (TPSA) is 81.8 Å². The molecule has 1 heterocycles. The van der Waals surface area contributed by atoms with Gasteiger partial charge in [0.15, 0.2) is 5.11 Å². The average Bonchev–Trinajstić information content (AvgIpc) is 3.03. The second-order valence-electron chi connectivity index (χ2n) is 7.94. The van der Waals surface area contributed by atoms with Crippen LogP contribution >= 0.6 is 35.4 Å². The average molecular weight is 545 g/mol. The molecule has 1 saturated heterocycles. The minimum Gasteiger partial charge on any atom is -0.326 e. The number of benzene rings is 3. The lowest BCUT2D eigenvalue weighted by Crippen LogP contribution is -2.49. The summed E-state index contributed by atoms with van der Waals surface area (Å²) in [6, 6.07) is 17.6. The van der Waals surface area contributed by atoms with Gasteiger partial charge in [-0.2, -0.15) is 0 Å². The Bertz CT molecular complexity index is 1320. The number of amides is 3. The zero-order chi connectivity index (χ0) is 25.8. The molecule has 2 N–H and O–H groups in total. The number of carbonyl (C=O) groups is 3. The van der Waals surface area contributed by atoms with Crippen molar-refractivity contribution < 1.29 is 18.8 Å². The van der Waals surface area contributed by atoms with Gasteiger partial charge >= 0.3 is 0 Å². The van der Waals surface area contributed by atoms with Crippen LogP contribution in [0.5, 0.6) is 0 Å². The number of nitrogens with zero attached hydrogens (tertiary/aromatic N) is 2. The van der Waals surface area contributed by atoms with Crippen LogP contribution in [0.1, 0.15) is 22.3 Å². The van der Waals surface area contributed by atoms with Crippen molar-refractivity contribution in [2.75, 3.05) is 5.32 Å². The number of hydrogen-bond acceptors (Lipinski definition) is 4. The van der Waals surface area contributed by atoms with E-state index in [-0.39, 0.29) is 23.6 Å². The molecule has 0 bridgehead atoms. The first kappa shape index (κ1) is 25.6. The second kappa shape index (κ2) is 11.0. The summed E-state index contributed by atoms with van der Waals surface area (Å²) in [6.07, 6.45) is -0.335. The zero-order valence-electron chi connectivity index (χ0n) is 18.6. The molecule has 0 spiro atoms. The minimum absolute atomic E-state index is 0.0113. The van der Waals surface area contributed by atoms with Gasteiger partial charge in [0.1, 0.15) is 11.9 Å². The van der Waals surface area contributed by atoms with Crippen molar-refractivity contribution in [3.05, 3.63) is 99.8 Å². The number of thiocarbonyl (C=S) groups is 1. The fourth-order valence-corrected chi connectivity index (χ4v) is 4.53. The highest BCUT2D eigenvalue weighted by atomic mass is 35.5. The fourth-order valence-electron chi connectivity index (χ4n) is 3.68. The van der Waals surface area contributed by atoms with Gasteiger partial charge in [-0.1, -0.05) is 59.6 Å². The van der Waals surface area contributed by atoms with Crippen LogP contribution < -0.4 is 10.7 Å². The first-order valence-corrected chi connectivity index (χ1v) is 11.9. The Morgan fingerprint density at radius 1 is 0.972 bits per heavy atom. The second-order valence-corrected chi connectivity index (χ2v) is 9.18. The SMILES string of the molecule is O=C(CC1C(=O)N(Cc2ccccc2)C(=S)N1NC(=O)c1cccc(F)c1)Nc1cc(Cl)cc(Cl)c1. The summed E-state index contributed by atoms with van der Waals surface area (Å²) >= 11 is 17.5. The van der Waals surface area contributed by atoms with Gasteiger partial charge in [-0.05, 0) is 54.2 Å². The first-order chi connectivity index (χ1) is 17.2. The maximum absolute atomic E-state index is 13.6. The van der Waals surface area contributed by atoms with Crippen LogP contribution in [-0.2, 0) is 16.1 Å². The van der Waals surface area contributed by atoms with Crippen molar-refractivity contribution in [1.82, 2.24) is 15.3 Å². The molecular formula is C25H19Cl2FN4O3S. The van der Waals surface area contributed by atoms with E-state index in [0.29, 0.717) is 15.7 Å². The van der Waals surface area contributed by atoms with Crippen molar-refractivity contribution in [2.24, 2.45) is 0 Å². The molecule has 3 amide bonds. The Kier molecular flexibility index (Phi) is 7.83. The largest absolute Gasteiger partial charge is 0.326 e. The van der Waals surface area contributed by atoms with Gasteiger partial charge < -0.3 is 5.32 Å². The van der Waals surface area contributed by atoms with Gasteiger partial charge in [-0.25, -0.2) is 9.40 Å². The normalized spacial score (nSPS) is 15.2. The van der Waals surface area contributed by atoms with Crippen LogP contribution in [0, 0.1) is 5.82 Å². The maximum Gasteiger partial charge on any atom is 0.269 e. The summed E-state index contributed by atoms with van der Waals surface area (Å²) in [6.45, 7) is 0.146. The molecule has 3 aromatic rings. The van der Waals surface area contributed by atoms with Crippen molar-refractivity contribution in [3.8, 4) is 0 Å². The summed E-state index contributed by atoms with van der Waals surface area (Å²) < 4.78 is 13.6. The molecule has 1 atom stereocenters. The number of anilines is 1. The van der Waals surface area contributed by atoms with E-state index in [1.165, 1.54) is 46.3 Å². The molecule has 4 rings (SSSR count). The van der Waals surface area contributed by atoms with E-state index >= 15 is 0 Å². The summed E-state index contributed by atoms with van der Waals surface area (Å²) in [4.78, 5) is 40.4. The van der Waals surface area contributed by atoms with Gasteiger partial charge in [0.2, 0.25) is 5.91 Å². The smallest absolute Gasteiger partial charge is 0.269 e. The molecule has 1 aliphatic heterocycles. The predicted molar refractivity (Wildman–Crippen MR) is 139 cm³/mol. The van der Waals surface area contributed by atoms with E-state index in [1.54, 1.807) is 0 Å². The third-order valence-electron chi connectivity index (χ3n) is 5.32. The monoisotopic (exact) mass is 544 g/mol. The van der Waals surface area contributed by atoms with Crippen LogP contribution in [0.4, 0.5) is 10.1 Å². The van der Waals surface area contributed by atoms with Crippen molar-refractivity contribution in [3.63, 3.8) is 0 Å². The van der Waals surface area contributed by atoms with Crippen LogP contribution in [0.15, 0.2) is 72.8 Å². The molecule has 1 unspecified atom stereocenters. The summed E-state index contributed by atoms with van der Waals surface area (Å²) in [7, 11) is 0. The third kappa shape index (κ3) is 5.99. The molecule has 0 saturated carbocycles. The highest BCUT2D eigenvalue weighted by molar-refractivity contribution is 7.80. The lowest BCUT2D eigenvalue weighted by atomic mass is 10.1. The predicted octanol–water partition coefficient (Wildman–Crippen LogP) is 4.80. The van der Waals surface area contributed by atoms with Gasteiger partial charge in [0.25, 0.3) is 11.8 Å². The molecule has 1 aliphatic rings. The Hall–Kier alpha value is -3.53. The summed E-state index contributed by atoms with van der Waals surface area (Å²) in [5.41, 5.74) is 3.75. The lowest BCUT2D eigenvalue weighted by Gasteiger charge is -2.24. The van der Waals surface area contributed by atoms with Gasteiger partial charge in [-0.15, -0.1) is 0 Å². The Labute approximate surface area is 221 Å². The molecule has 3 aromatic carbocycles. The highest BCUT2D eigenvalue weighted by Crippen LogP contribution is 2.25. The molecule has 36 heavy (non-hydrogen) atoms. The van der Waals surface area contributed by atoms with E-state index in [9.17, 15) is 18.8 Å². The zero-order valence-corrected chi connectivity index (χ0v) is 20.9. The first-order valence-electron chi connectivity index (χ1n) is 10.7. The number of halogens is 3. The molecule has 0 radical (unpaired) electrons. The van der Waals surface area contributed by atoms with Crippen LogP contribution in [0.3, 0.4) is 0 Å². The van der Waals surface area contributed by atoms with Crippen molar-refractivity contribution >= 4 is 63.9 Å². The number of rotatable bonds is 7. The van der Waals surface area contributed by atoms with E-state index in [4.69, 9.17) is 35.4 Å². The van der Waals surface area contributed by atoms with Crippen molar-refractivity contribution in [1.29, 1.82) is 0 Å². The molecule has 7 nitrogen and oxygen atoms in total. The van der Waals surface area contributed by atoms with E-state index in [2.05, 4.69) is 10.7 Å². The van der Waals surface area contributed by atoms with Gasteiger partial charge in [0.05, 0.1) is 13.0 Å². The minimum atomic E-state index is -1.13. The number of carbonyl (C=O) groups excluding carboxylic acids is 3.